The molecule has 1 saturated heterocycles. The summed E-state index contributed by atoms with van der Waals surface area (Å²) < 4.78 is 3.13. The number of aldehydes is 1. The Bertz CT molecular complexity index is 924. The summed E-state index contributed by atoms with van der Waals surface area (Å²) in [5.74, 6) is 0.602. The van der Waals surface area contributed by atoms with E-state index in [2.05, 4.69) is 22.8 Å². The van der Waals surface area contributed by atoms with Crippen LogP contribution in [0.15, 0.2) is 23.0 Å². The first kappa shape index (κ1) is 22.3. The smallest absolute Gasteiger partial charge is 0.329 e. The standard InChI is InChI=1S/C23H34N4O3/c1-24-22(29)20(8-5-15-28)27-19-10-9-18(16-21(19)26(2)23(27)30)7-4-3-6-17-11-13-25-14-12-17/h9-10,15-17,20,25H,3-8,11-14H2,1-2H3,(H,24,29). The third-order valence-electron chi connectivity index (χ3n) is 6.36. The van der Waals surface area contributed by atoms with Gasteiger partial charge in [0.1, 0.15) is 12.3 Å². The number of aromatic nitrogens is 2. The number of piperidine rings is 1. The first-order chi connectivity index (χ1) is 14.6. The molecule has 3 rings (SSSR count). The number of amides is 1. The summed E-state index contributed by atoms with van der Waals surface area (Å²) in [5.41, 5.74) is 2.55. The molecule has 2 heterocycles. The molecule has 2 N–H and O–H groups in total. The van der Waals surface area contributed by atoms with Crippen LogP contribution < -0.4 is 16.3 Å². The van der Waals surface area contributed by atoms with Crippen LogP contribution in [-0.4, -0.2) is 41.5 Å². The number of nitrogens with zero attached hydrogens (tertiary/aromatic N) is 2. The Labute approximate surface area is 177 Å². The number of fused-ring (bicyclic) bond motifs is 1. The van der Waals surface area contributed by atoms with Crippen molar-refractivity contribution < 1.29 is 9.59 Å². The zero-order valence-corrected chi connectivity index (χ0v) is 18.2. The second-order valence-corrected chi connectivity index (χ2v) is 8.35. The maximum atomic E-state index is 12.9. The summed E-state index contributed by atoms with van der Waals surface area (Å²) in [6.07, 6.45) is 8.56. The fourth-order valence-corrected chi connectivity index (χ4v) is 4.57. The Morgan fingerprint density at radius 2 is 2.03 bits per heavy atom. The maximum absolute atomic E-state index is 12.9. The molecule has 7 nitrogen and oxygen atoms in total. The SMILES string of the molecule is CNC(=O)C(CCC=O)n1c(=O)n(C)c2cc(CCCCC3CCNCC3)ccc21. The molecular weight excluding hydrogens is 380 g/mol. The molecule has 0 aliphatic carbocycles. The molecule has 0 saturated carbocycles. The first-order valence-corrected chi connectivity index (χ1v) is 11.1. The topological polar surface area (TPSA) is 85.1 Å². The highest BCUT2D eigenvalue weighted by molar-refractivity contribution is 5.84. The number of imidazole rings is 1. The van der Waals surface area contributed by atoms with Crippen LogP contribution >= 0.6 is 0 Å². The molecule has 2 aromatic rings. The van der Waals surface area contributed by atoms with Gasteiger partial charge in [-0.25, -0.2) is 4.79 Å². The number of likely N-dealkylation sites (N-methyl/N-ethyl adjacent to an activating group) is 1. The van der Waals surface area contributed by atoms with E-state index >= 15 is 0 Å². The normalized spacial score (nSPS) is 15.9. The lowest BCUT2D eigenvalue weighted by molar-refractivity contribution is -0.124. The third-order valence-corrected chi connectivity index (χ3v) is 6.36. The highest BCUT2D eigenvalue weighted by Crippen LogP contribution is 2.23. The van der Waals surface area contributed by atoms with Gasteiger partial charge < -0.3 is 15.4 Å². The Morgan fingerprint density at radius 3 is 2.73 bits per heavy atom. The van der Waals surface area contributed by atoms with Crippen molar-refractivity contribution in [3.63, 3.8) is 0 Å². The van der Waals surface area contributed by atoms with E-state index < -0.39 is 6.04 Å². The van der Waals surface area contributed by atoms with Gasteiger partial charge >= 0.3 is 5.69 Å². The van der Waals surface area contributed by atoms with Crippen molar-refractivity contribution in [1.29, 1.82) is 0 Å². The predicted molar refractivity (Wildman–Crippen MR) is 119 cm³/mol. The van der Waals surface area contributed by atoms with Crippen LogP contribution in [0.3, 0.4) is 0 Å². The summed E-state index contributed by atoms with van der Waals surface area (Å²) in [5, 5.41) is 6.04. The molecule has 1 aromatic carbocycles. The molecule has 1 unspecified atom stereocenters. The van der Waals surface area contributed by atoms with Gasteiger partial charge in [0.05, 0.1) is 11.0 Å². The lowest BCUT2D eigenvalue weighted by Crippen LogP contribution is -2.36. The summed E-state index contributed by atoms with van der Waals surface area (Å²) in [4.78, 5) is 36.2. The average Bonchev–Trinajstić information content (AvgIpc) is 3.02. The molecule has 30 heavy (non-hydrogen) atoms. The minimum absolute atomic E-state index is 0.229. The number of unbranched alkanes of at least 4 members (excludes halogenated alkanes) is 1. The van der Waals surface area contributed by atoms with E-state index in [1.807, 2.05) is 6.07 Å². The van der Waals surface area contributed by atoms with Crippen molar-refractivity contribution in [1.82, 2.24) is 19.8 Å². The van der Waals surface area contributed by atoms with Gasteiger partial charge in [-0.05, 0) is 68.8 Å². The second-order valence-electron chi connectivity index (χ2n) is 8.35. The van der Waals surface area contributed by atoms with Crippen LogP contribution in [0.1, 0.15) is 56.6 Å². The van der Waals surface area contributed by atoms with Crippen LogP contribution in [-0.2, 0) is 23.1 Å². The Balaban J connectivity index is 1.74. The summed E-state index contributed by atoms with van der Waals surface area (Å²) >= 11 is 0. The van der Waals surface area contributed by atoms with Gasteiger partial charge in [-0.15, -0.1) is 0 Å². The van der Waals surface area contributed by atoms with Gasteiger partial charge in [-0.3, -0.25) is 13.9 Å². The largest absolute Gasteiger partial charge is 0.357 e. The number of benzene rings is 1. The fraction of sp³-hybridized carbons (Fsp3) is 0.609. The molecule has 0 radical (unpaired) electrons. The monoisotopic (exact) mass is 414 g/mol. The van der Waals surface area contributed by atoms with Crippen molar-refractivity contribution in [2.75, 3.05) is 20.1 Å². The van der Waals surface area contributed by atoms with E-state index in [1.165, 1.54) is 35.8 Å². The maximum Gasteiger partial charge on any atom is 0.329 e. The van der Waals surface area contributed by atoms with Crippen molar-refractivity contribution in [3.05, 3.63) is 34.2 Å². The lowest BCUT2D eigenvalue weighted by Gasteiger charge is -2.22. The van der Waals surface area contributed by atoms with Crippen molar-refractivity contribution >= 4 is 23.2 Å². The molecule has 7 heteroatoms. The number of hydrogen-bond donors (Lipinski definition) is 2. The third kappa shape index (κ3) is 5.01. The number of hydrogen-bond acceptors (Lipinski definition) is 4. The molecule has 1 amide bonds. The molecule has 0 spiro atoms. The number of carbonyl (C=O) groups excluding carboxylic acids is 2. The van der Waals surface area contributed by atoms with Gasteiger partial charge in [0.15, 0.2) is 0 Å². The molecule has 0 bridgehead atoms. The van der Waals surface area contributed by atoms with Gasteiger partial charge in [0.2, 0.25) is 5.91 Å². The molecule has 1 fully saturated rings. The van der Waals surface area contributed by atoms with E-state index in [0.717, 1.165) is 49.2 Å². The van der Waals surface area contributed by atoms with Crippen LogP contribution in [0.25, 0.3) is 11.0 Å². The number of aryl methyl sites for hydroxylation is 2. The minimum atomic E-state index is -0.688. The van der Waals surface area contributed by atoms with Crippen LogP contribution in [0.2, 0.25) is 0 Å². The Hall–Kier alpha value is -2.41. The lowest BCUT2D eigenvalue weighted by atomic mass is 9.92. The van der Waals surface area contributed by atoms with Gasteiger partial charge in [-0.1, -0.05) is 18.9 Å². The van der Waals surface area contributed by atoms with Gasteiger partial charge in [0, 0.05) is 20.5 Å². The molecule has 1 aliphatic rings. The van der Waals surface area contributed by atoms with E-state index in [4.69, 9.17) is 0 Å². The van der Waals surface area contributed by atoms with Gasteiger partial charge in [-0.2, -0.15) is 0 Å². The van der Waals surface area contributed by atoms with Crippen molar-refractivity contribution in [3.8, 4) is 0 Å². The average molecular weight is 415 g/mol. The summed E-state index contributed by atoms with van der Waals surface area (Å²) in [6.45, 7) is 2.30. The zero-order chi connectivity index (χ0) is 21.5. The van der Waals surface area contributed by atoms with Crippen LogP contribution in [0.4, 0.5) is 0 Å². The Morgan fingerprint density at radius 1 is 1.27 bits per heavy atom. The predicted octanol–water partition coefficient (Wildman–Crippen LogP) is 2.32. The molecule has 164 valence electrons. The summed E-state index contributed by atoms with van der Waals surface area (Å²) in [6, 6.07) is 5.38. The Kier molecular flexibility index (Phi) is 7.85. The highest BCUT2D eigenvalue weighted by atomic mass is 16.2. The van der Waals surface area contributed by atoms with E-state index in [9.17, 15) is 14.4 Å². The molecular formula is C23H34N4O3. The zero-order valence-electron chi connectivity index (χ0n) is 18.2. The summed E-state index contributed by atoms with van der Waals surface area (Å²) in [7, 11) is 3.29. The second kappa shape index (κ2) is 10.6. The highest BCUT2D eigenvalue weighted by Gasteiger charge is 2.24. The van der Waals surface area contributed by atoms with Crippen LogP contribution in [0, 0.1) is 5.92 Å². The molecule has 1 aliphatic heterocycles. The van der Waals surface area contributed by atoms with E-state index in [1.54, 1.807) is 18.7 Å². The minimum Gasteiger partial charge on any atom is -0.357 e. The molecule has 1 aromatic heterocycles. The number of nitrogens with one attached hydrogen (secondary N) is 2. The van der Waals surface area contributed by atoms with Gasteiger partial charge in [0.25, 0.3) is 0 Å². The van der Waals surface area contributed by atoms with E-state index in [0.29, 0.717) is 6.42 Å². The first-order valence-electron chi connectivity index (χ1n) is 11.1. The number of carbonyl (C=O) groups is 2. The molecule has 1 atom stereocenters. The van der Waals surface area contributed by atoms with Crippen LogP contribution in [0.5, 0.6) is 0 Å². The van der Waals surface area contributed by atoms with Crippen molar-refractivity contribution in [2.24, 2.45) is 13.0 Å². The number of rotatable bonds is 10. The fourth-order valence-electron chi connectivity index (χ4n) is 4.57. The quantitative estimate of drug-likeness (QED) is 0.462. The van der Waals surface area contributed by atoms with E-state index in [-0.39, 0.29) is 18.0 Å². The van der Waals surface area contributed by atoms with Crippen molar-refractivity contribution in [2.45, 2.75) is 57.4 Å².